The van der Waals surface area contributed by atoms with Crippen molar-refractivity contribution in [2.75, 3.05) is 17.7 Å². The monoisotopic (exact) mass is 344 g/mol. The van der Waals surface area contributed by atoms with Gasteiger partial charge in [-0.05, 0) is 42.5 Å². The zero-order chi connectivity index (χ0) is 18.4. The molecule has 0 unspecified atom stereocenters. The molecule has 6 heteroatoms. The summed E-state index contributed by atoms with van der Waals surface area (Å²) < 4.78 is 5.12. The molecule has 6 nitrogen and oxygen atoms in total. The molecule has 0 fully saturated rings. The fraction of sp³-hybridized carbons (Fsp3) is 0.0500. The first kappa shape index (κ1) is 17.0. The predicted molar refractivity (Wildman–Crippen MR) is 99.6 cm³/mol. The molecule has 1 aromatic heterocycles. The lowest BCUT2D eigenvalue weighted by atomic mass is 10.2. The molecule has 3 rings (SSSR count). The number of amides is 1. The van der Waals surface area contributed by atoms with E-state index in [2.05, 4.69) is 21.7 Å². The summed E-state index contributed by atoms with van der Waals surface area (Å²) in [6.07, 6.45) is 1.59. The highest BCUT2D eigenvalue weighted by Gasteiger charge is 2.08. The molecule has 0 radical (unpaired) electrons. The smallest absolute Gasteiger partial charge is 0.256 e. The summed E-state index contributed by atoms with van der Waals surface area (Å²) in [5, 5.41) is 15.0. The quantitative estimate of drug-likeness (QED) is 0.731. The molecule has 1 amide bonds. The van der Waals surface area contributed by atoms with Crippen molar-refractivity contribution in [1.29, 1.82) is 5.26 Å². The molecular weight excluding hydrogens is 328 g/mol. The number of aromatic nitrogens is 1. The van der Waals surface area contributed by atoms with Crippen LogP contribution in [0.15, 0.2) is 66.9 Å². The summed E-state index contributed by atoms with van der Waals surface area (Å²) in [4.78, 5) is 16.5. The number of hydrogen-bond donors (Lipinski definition) is 2. The van der Waals surface area contributed by atoms with E-state index in [1.165, 1.54) is 0 Å². The molecule has 0 saturated carbocycles. The standard InChI is InChI=1S/C20H16N4O2/c1-26-17-7-4-6-14(11-17)20(25)24-19-10-9-16(13-22-19)23-18-8-3-2-5-15(18)12-21/h2-11,13,23H,1H3,(H,22,24,25). The third-order valence-corrected chi connectivity index (χ3v) is 3.66. The number of rotatable bonds is 5. The number of methoxy groups -OCH3 is 1. The Labute approximate surface area is 151 Å². The Kier molecular flexibility index (Phi) is 5.11. The van der Waals surface area contributed by atoms with Crippen LogP contribution in [-0.4, -0.2) is 18.0 Å². The van der Waals surface area contributed by atoms with Crippen molar-refractivity contribution in [2.24, 2.45) is 0 Å². The third kappa shape index (κ3) is 3.97. The molecule has 2 N–H and O–H groups in total. The van der Waals surface area contributed by atoms with Crippen LogP contribution in [-0.2, 0) is 0 Å². The van der Waals surface area contributed by atoms with Gasteiger partial charge in [0, 0.05) is 5.56 Å². The van der Waals surface area contributed by atoms with E-state index in [-0.39, 0.29) is 5.91 Å². The van der Waals surface area contributed by atoms with Crippen molar-refractivity contribution in [2.45, 2.75) is 0 Å². The van der Waals surface area contributed by atoms with Gasteiger partial charge in [0.25, 0.3) is 5.91 Å². The van der Waals surface area contributed by atoms with Crippen molar-refractivity contribution in [3.05, 3.63) is 78.0 Å². The first-order valence-corrected chi connectivity index (χ1v) is 7.87. The van der Waals surface area contributed by atoms with Gasteiger partial charge in [0.2, 0.25) is 0 Å². The number of hydrogen-bond acceptors (Lipinski definition) is 5. The van der Waals surface area contributed by atoms with Crippen LogP contribution in [0.1, 0.15) is 15.9 Å². The first-order valence-electron chi connectivity index (χ1n) is 7.87. The molecule has 1 heterocycles. The average Bonchev–Trinajstić information content (AvgIpc) is 2.70. The molecule has 0 bridgehead atoms. The van der Waals surface area contributed by atoms with Crippen LogP contribution in [0.4, 0.5) is 17.2 Å². The topological polar surface area (TPSA) is 87.0 Å². The predicted octanol–water partition coefficient (Wildman–Crippen LogP) is 3.96. The minimum Gasteiger partial charge on any atom is -0.497 e. The molecule has 0 aliphatic heterocycles. The van der Waals surface area contributed by atoms with Crippen molar-refractivity contribution >= 4 is 23.1 Å². The molecule has 0 aliphatic carbocycles. The lowest BCUT2D eigenvalue weighted by Gasteiger charge is -2.09. The molecule has 2 aromatic carbocycles. The van der Waals surface area contributed by atoms with Gasteiger partial charge in [0.15, 0.2) is 0 Å². The number of anilines is 3. The van der Waals surface area contributed by atoms with Crippen LogP contribution in [0.5, 0.6) is 5.75 Å². The Morgan fingerprint density at radius 2 is 1.96 bits per heavy atom. The van der Waals surface area contributed by atoms with Gasteiger partial charge >= 0.3 is 0 Å². The average molecular weight is 344 g/mol. The van der Waals surface area contributed by atoms with Crippen molar-refractivity contribution in [3.8, 4) is 11.8 Å². The van der Waals surface area contributed by atoms with Crippen LogP contribution in [0.25, 0.3) is 0 Å². The van der Waals surface area contributed by atoms with Crippen LogP contribution in [0.2, 0.25) is 0 Å². The maximum absolute atomic E-state index is 12.3. The van der Waals surface area contributed by atoms with Gasteiger partial charge in [-0.15, -0.1) is 0 Å². The second kappa shape index (κ2) is 7.81. The van der Waals surface area contributed by atoms with Gasteiger partial charge in [-0.3, -0.25) is 4.79 Å². The van der Waals surface area contributed by atoms with Crippen molar-refractivity contribution < 1.29 is 9.53 Å². The van der Waals surface area contributed by atoms with Crippen molar-refractivity contribution in [3.63, 3.8) is 0 Å². The molecule has 0 atom stereocenters. The Hall–Kier alpha value is -3.85. The van der Waals surface area contributed by atoms with Gasteiger partial charge in [-0.2, -0.15) is 5.26 Å². The van der Waals surface area contributed by atoms with Crippen LogP contribution < -0.4 is 15.4 Å². The molecular formula is C20H16N4O2. The van der Waals surface area contributed by atoms with E-state index in [9.17, 15) is 4.79 Å². The number of carbonyl (C=O) groups is 1. The highest BCUT2D eigenvalue weighted by Crippen LogP contribution is 2.21. The second-order valence-electron chi connectivity index (χ2n) is 5.40. The minimum absolute atomic E-state index is 0.271. The summed E-state index contributed by atoms with van der Waals surface area (Å²) in [6.45, 7) is 0. The maximum atomic E-state index is 12.3. The Morgan fingerprint density at radius 3 is 2.69 bits per heavy atom. The van der Waals surface area contributed by atoms with E-state index in [0.29, 0.717) is 34.1 Å². The number of carbonyl (C=O) groups excluding carboxylic acids is 1. The van der Waals surface area contributed by atoms with E-state index >= 15 is 0 Å². The fourth-order valence-electron chi connectivity index (χ4n) is 2.34. The Morgan fingerprint density at radius 1 is 1.12 bits per heavy atom. The molecule has 128 valence electrons. The van der Waals surface area contributed by atoms with Crippen molar-refractivity contribution in [1.82, 2.24) is 4.98 Å². The highest BCUT2D eigenvalue weighted by atomic mass is 16.5. The number of nitriles is 1. The minimum atomic E-state index is -0.271. The SMILES string of the molecule is COc1cccc(C(=O)Nc2ccc(Nc3ccccc3C#N)cn2)c1. The first-order chi connectivity index (χ1) is 12.7. The zero-order valence-corrected chi connectivity index (χ0v) is 14.1. The van der Waals surface area contributed by atoms with Gasteiger partial charge in [-0.25, -0.2) is 4.98 Å². The van der Waals surface area contributed by atoms with E-state index < -0.39 is 0 Å². The normalized spacial score (nSPS) is 9.85. The summed E-state index contributed by atoms with van der Waals surface area (Å²) in [5.41, 5.74) is 2.44. The number of nitrogens with zero attached hydrogens (tertiary/aromatic N) is 2. The Balaban J connectivity index is 1.69. The van der Waals surface area contributed by atoms with E-state index in [0.717, 1.165) is 0 Å². The van der Waals surface area contributed by atoms with Crippen LogP contribution >= 0.6 is 0 Å². The molecule has 0 aliphatic rings. The number of benzene rings is 2. The highest BCUT2D eigenvalue weighted by molar-refractivity contribution is 6.04. The Bertz CT molecular complexity index is 962. The van der Waals surface area contributed by atoms with Crippen LogP contribution in [0, 0.1) is 11.3 Å². The fourth-order valence-corrected chi connectivity index (χ4v) is 2.34. The van der Waals surface area contributed by atoms with Gasteiger partial charge in [0.1, 0.15) is 17.6 Å². The number of nitrogens with one attached hydrogen (secondary N) is 2. The largest absolute Gasteiger partial charge is 0.497 e. The van der Waals surface area contributed by atoms with Gasteiger partial charge < -0.3 is 15.4 Å². The lowest BCUT2D eigenvalue weighted by Crippen LogP contribution is -2.13. The molecule has 0 spiro atoms. The second-order valence-corrected chi connectivity index (χ2v) is 5.40. The van der Waals surface area contributed by atoms with Gasteiger partial charge in [0.05, 0.1) is 30.2 Å². The molecule has 3 aromatic rings. The summed E-state index contributed by atoms with van der Waals surface area (Å²) in [6, 6.07) is 19.7. The molecule has 26 heavy (non-hydrogen) atoms. The van der Waals surface area contributed by atoms with E-state index in [1.807, 2.05) is 12.1 Å². The van der Waals surface area contributed by atoms with E-state index in [1.54, 1.807) is 61.8 Å². The zero-order valence-electron chi connectivity index (χ0n) is 14.1. The third-order valence-electron chi connectivity index (χ3n) is 3.66. The van der Waals surface area contributed by atoms with E-state index in [4.69, 9.17) is 10.00 Å². The summed E-state index contributed by atoms with van der Waals surface area (Å²) in [7, 11) is 1.55. The lowest BCUT2D eigenvalue weighted by molar-refractivity contribution is 0.102. The number of para-hydroxylation sites is 1. The molecule has 0 saturated heterocycles. The number of ether oxygens (including phenoxy) is 1. The maximum Gasteiger partial charge on any atom is 0.256 e. The summed E-state index contributed by atoms with van der Waals surface area (Å²) >= 11 is 0. The van der Waals surface area contributed by atoms with Gasteiger partial charge in [-0.1, -0.05) is 18.2 Å². The number of pyridine rings is 1. The van der Waals surface area contributed by atoms with Crippen LogP contribution in [0.3, 0.4) is 0 Å². The summed E-state index contributed by atoms with van der Waals surface area (Å²) in [5.74, 6) is 0.769.